The van der Waals surface area contributed by atoms with Gasteiger partial charge in [-0.05, 0) is 58.1 Å². The van der Waals surface area contributed by atoms with Gasteiger partial charge in [0.05, 0.1) is 23.0 Å². The Morgan fingerprint density at radius 3 is 2.73 bits per heavy atom. The molecule has 3 heterocycles. The summed E-state index contributed by atoms with van der Waals surface area (Å²) in [5.74, 6) is 0.354. The van der Waals surface area contributed by atoms with Gasteiger partial charge in [-0.3, -0.25) is 14.7 Å². The van der Waals surface area contributed by atoms with E-state index in [1.54, 1.807) is 6.07 Å². The summed E-state index contributed by atoms with van der Waals surface area (Å²) in [6.07, 6.45) is 5.03. The second-order valence-corrected chi connectivity index (χ2v) is 8.71. The third-order valence-electron chi connectivity index (χ3n) is 6.42. The largest absolute Gasteiger partial charge is 0.398 e. The molecule has 1 amide bonds. The van der Waals surface area contributed by atoms with E-state index in [4.69, 9.17) is 10.7 Å². The molecular weight excluding hydrogens is 378 g/mol. The van der Waals surface area contributed by atoms with E-state index in [2.05, 4.69) is 5.10 Å². The molecule has 3 N–H and O–H groups in total. The van der Waals surface area contributed by atoms with Gasteiger partial charge in [0.15, 0.2) is 5.65 Å². The maximum Gasteiger partial charge on any atom is 0.275 e. The van der Waals surface area contributed by atoms with Crippen molar-refractivity contribution in [1.29, 1.82) is 0 Å². The number of piperidine rings is 1. The molecule has 0 spiro atoms. The quantitative estimate of drug-likeness (QED) is 0.652. The maximum absolute atomic E-state index is 13.4. The minimum atomic E-state index is -0.128. The number of carbonyl (C=O) groups is 1. The van der Waals surface area contributed by atoms with Crippen molar-refractivity contribution < 1.29 is 4.79 Å². The number of likely N-dealkylation sites (tertiary alicyclic amines) is 1. The highest BCUT2D eigenvalue weighted by Gasteiger charge is 2.32. The number of hydrogen-bond donors (Lipinski definition) is 2. The van der Waals surface area contributed by atoms with Gasteiger partial charge in [-0.25, -0.2) is 9.50 Å². The van der Waals surface area contributed by atoms with Crippen LogP contribution in [0.25, 0.3) is 5.65 Å². The van der Waals surface area contributed by atoms with Crippen molar-refractivity contribution in [1.82, 2.24) is 19.5 Å². The molecule has 1 aromatic carbocycles. The molecule has 1 aliphatic carbocycles. The average molecular weight is 406 g/mol. The number of nitrogens with one attached hydrogen (secondary N) is 1. The van der Waals surface area contributed by atoms with Crippen LogP contribution in [-0.4, -0.2) is 31.9 Å². The second kappa shape index (κ2) is 7.00. The fourth-order valence-corrected chi connectivity index (χ4v) is 4.58. The first-order chi connectivity index (χ1) is 14.4. The minimum absolute atomic E-state index is 0.0511. The molecule has 2 aromatic heterocycles. The molecule has 1 saturated carbocycles. The topological polar surface area (TPSA) is 96.5 Å². The first-order valence-electron chi connectivity index (χ1n) is 10.7. The van der Waals surface area contributed by atoms with Gasteiger partial charge in [0, 0.05) is 29.8 Å². The lowest BCUT2D eigenvalue weighted by molar-refractivity contribution is 0.0606. The number of H-pyrrole nitrogens is 1. The Labute approximate surface area is 174 Å². The summed E-state index contributed by atoms with van der Waals surface area (Å²) in [6, 6.07) is 7.36. The molecule has 156 valence electrons. The molecule has 1 saturated heterocycles. The van der Waals surface area contributed by atoms with Crippen molar-refractivity contribution >= 4 is 17.2 Å². The normalized spacial score (nSPS) is 19.4. The summed E-state index contributed by atoms with van der Waals surface area (Å²) in [4.78, 5) is 32.9. The molecule has 3 aromatic rings. The van der Waals surface area contributed by atoms with Crippen LogP contribution in [0.15, 0.2) is 29.1 Å². The lowest BCUT2D eigenvalue weighted by Gasteiger charge is -2.35. The van der Waals surface area contributed by atoms with Gasteiger partial charge in [0.2, 0.25) is 0 Å². The van der Waals surface area contributed by atoms with Crippen LogP contribution in [0.5, 0.6) is 0 Å². The fourth-order valence-electron chi connectivity index (χ4n) is 4.58. The van der Waals surface area contributed by atoms with E-state index in [0.29, 0.717) is 34.9 Å². The Morgan fingerprint density at radius 1 is 1.17 bits per heavy atom. The number of aromatic nitrogens is 3. The fraction of sp³-hybridized carbons (Fsp3) is 0.435. The number of amides is 1. The van der Waals surface area contributed by atoms with Crippen LogP contribution < -0.4 is 11.3 Å². The van der Waals surface area contributed by atoms with Crippen LogP contribution in [-0.2, 0) is 0 Å². The number of nitrogens with two attached hydrogens (primary N) is 1. The smallest absolute Gasteiger partial charge is 0.275 e. The molecule has 7 nitrogen and oxygen atoms in total. The molecule has 0 radical (unpaired) electrons. The minimum Gasteiger partial charge on any atom is -0.398 e. The van der Waals surface area contributed by atoms with Crippen LogP contribution in [0.2, 0.25) is 0 Å². The summed E-state index contributed by atoms with van der Waals surface area (Å²) in [6.45, 7) is 4.48. The van der Waals surface area contributed by atoms with Crippen LogP contribution >= 0.6 is 0 Å². The van der Waals surface area contributed by atoms with Crippen molar-refractivity contribution in [2.45, 2.75) is 57.9 Å². The lowest BCUT2D eigenvalue weighted by atomic mass is 9.97. The van der Waals surface area contributed by atoms with E-state index in [1.807, 2.05) is 36.9 Å². The molecule has 2 aliphatic rings. The van der Waals surface area contributed by atoms with Gasteiger partial charge in [-0.15, -0.1) is 0 Å². The van der Waals surface area contributed by atoms with Gasteiger partial charge in [0.1, 0.15) is 0 Å². The number of anilines is 1. The van der Waals surface area contributed by atoms with Crippen LogP contribution in [0.4, 0.5) is 5.69 Å². The van der Waals surface area contributed by atoms with E-state index >= 15 is 0 Å². The molecule has 30 heavy (non-hydrogen) atoms. The van der Waals surface area contributed by atoms with Crippen molar-refractivity contribution in [3.8, 4) is 0 Å². The highest BCUT2D eigenvalue weighted by Crippen LogP contribution is 2.40. The number of carbonyl (C=O) groups excluding carboxylic acids is 1. The number of nitrogen functional groups attached to an aromatic ring is 1. The molecule has 0 bridgehead atoms. The third kappa shape index (κ3) is 3.09. The Balaban J connectivity index is 1.55. The number of hydrogen-bond acceptors (Lipinski definition) is 4. The summed E-state index contributed by atoms with van der Waals surface area (Å²) in [7, 11) is 0. The summed E-state index contributed by atoms with van der Waals surface area (Å²) >= 11 is 0. The van der Waals surface area contributed by atoms with E-state index in [9.17, 15) is 9.59 Å². The summed E-state index contributed by atoms with van der Waals surface area (Å²) in [5.41, 5.74) is 11.2. The number of aryl methyl sites for hydroxylation is 1. The summed E-state index contributed by atoms with van der Waals surface area (Å²) < 4.78 is 1.52. The first-order valence-corrected chi connectivity index (χ1v) is 10.7. The zero-order valence-electron chi connectivity index (χ0n) is 17.4. The van der Waals surface area contributed by atoms with Crippen molar-refractivity contribution in [2.24, 2.45) is 0 Å². The first kappa shape index (κ1) is 18.9. The predicted molar refractivity (Wildman–Crippen MR) is 116 cm³/mol. The van der Waals surface area contributed by atoms with Crippen molar-refractivity contribution in [2.75, 3.05) is 12.3 Å². The number of fused-ring (bicyclic) bond motifs is 1. The Bertz CT molecular complexity index is 1200. The lowest BCUT2D eigenvalue weighted by Crippen LogP contribution is -2.39. The molecular formula is C23H27N5O2. The monoisotopic (exact) mass is 405 g/mol. The van der Waals surface area contributed by atoms with Gasteiger partial charge < -0.3 is 10.6 Å². The third-order valence-corrected chi connectivity index (χ3v) is 6.42. The van der Waals surface area contributed by atoms with Crippen molar-refractivity contribution in [3.05, 3.63) is 62.7 Å². The highest BCUT2D eigenvalue weighted by atomic mass is 16.2. The molecule has 7 heteroatoms. The Kier molecular flexibility index (Phi) is 4.41. The van der Waals surface area contributed by atoms with E-state index in [-0.39, 0.29) is 17.5 Å². The van der Waals surface area contributed by atoms with Gasteiger partial charge in [-0.2, -0.15) is 0 Å². The van der Waals surface area contributed by atoms with Crippen LogP contribution in [0.3, 0.4) is 0 Å². The average Bonchev–Trinajstić information content (AvgIpc) is 3.50. The van der Waals surface area contributed by atoms with Gasteiger partial charge >= 0.3 is 0 Å². The zero-order valence-corrected chi connectivity index (χ0v) is 17.4. The van der Waals surface area contributed by atoms with E-state index in [1.165, 1.54) is 4.52 Å². The van der Waals surface area contributed by atoms with E-state index < -0.39 is 0 Å². The second-order valence-electron chi connectivity index (χ2n) is 8.71. The highest BCUT2D eigenvalue weighted by molar-refractivity contribution is 5.99. The Hall–Kier alpha value is -3.09. The maximum atomic E-state index is 13.4. The molecule has 1 aliphatic heterocycles. The van der Waals surface area contributed by atoms with E-state index in [0.717, 1.165) is 49.1 Å². The molecule has 1 unspecified atom stereocenters. The number of benzene rings is 1. The number of rotatable bonds is 3. The van der Waals surface area contributed by atoms with Crippen molar-refractivity contribution in [3.63, 3.8) is 0 Å². The molecule has 1 atom stereocenters. The predicted octanol–water partition coefficient (Wildman–Crippen LogP) is 3.47. The van der Waals surface area contributed by atoms with Crippen LogP contribution in [0, 0.1) is 13.8 Å². The van der Waals surface area contributed by atoms with Crippen LogP contribution in [0.1, 0.15) is 76.9 Å². The standard InChI is InChI=1S/C23H27N5O2/c1-13-6-9-17(24)16(11-13)23(30)27-10-4-3-5-19(27)18-12-20-25-21(15-7-8-15)14(2)22(29)28(20)26-18/h6,9,11-12,15,19,26H,3-5,7-8,10,24H2,1-2H3. The number of aromatic amines is 1. The number of nitrogens with zero attached hydrogens (tertiary/aromatic N) is 3. The molecule has 2 fully saturated rings. The zero-order chi connectivity index (χ0) is 21.0. The Morgan fingerprint density at radius 2 is 1.97 bits per heavy atom. The molecule has 5 rings (SSSR count). The van der Waals surface area contributed by atoms with Gasteiger partial charge in [0.25, 0.3) is 11.5 Å². The van der Waals surface area contributed by atoms with Gasteiger partial charge in [-0.1, -0.05) is 11.6 Å². The SMILES string of the molecule is Cc1ccc(N)c(C(=O)N2CCCCC2c2cc3nc(C4CC4)c(C)c(=O)n3[nH]2)c1. The summed E-state index contributed by atoms with van der Waals surface area (Å²) in [5, 5.41) is 3.24.